The number of aromatic hydroxyl groups is 1. The Morgan fingerprint density at radius 2 is 1.41 bits per heavy atom. The van der Waals surface area contributed by atoms with E-state index >= 15 is 0 Å². The van der Waals surface area contributed by atoms with E-state index in [2.05, 4.69) is 42.0 Å². The van der Waals surface area contributed by atoms with E-state index in [1.165, 1.54) is 13.8 Å². The van der Waals surface area contributed by atoms with Crippen molar-refractivity contribution in [3.8, 4) is 23.0 Å². The highest BCUT2D eigenvalue weighted by molar-refractivity contribution is 9.11. The fraction of sp³-hybridized carbons (Fsp3) is 0.462. The SMILES string of the molecule is CCOC(=O)C(C)NP(=O)(COc1cc(Br)c(Oc2ccc(O)c(C(C)C)c2)c(Br)c1)N[C@@H](C)C(=O)OCC. The van der Waals surface area contributed by atoms with Gasteiger partial charge < -0.3 is 24.1 Å². The quantitative estimate of drug-likeness (QED) is 0.150. The first-order valence-corrected chi connectivity index (χ1v) is 15.9. The van der Waals surface area contributed by atoms with Crippen LogP contribution in [-0.2, 0) is 23.6 Å². The van der Waals surface area contributed by atoms with E-state index in [9.17, 15) is 19.3 Å². The van der Waals surface area contributed by atoms with Crippen LogP contribution in [0.5, 0.6) is 23.0 Å². The second-order valence-corrected chi connectivity index (χ2v) is 12.9. The number of hydrogen-bond donors (Lipinski definition) is 3. The van der Waals surface area contributed by atoms with Crippen LogP contribution >= 0.6 is 39.3 Å². The molecule has 2 rings (SSSR count). The summed E-state index contributed by atoms with van der Waals surface area (Å²) in [4.78, 5) is 24.3. The van der Waals surface area contributed by atoms with E-state index in [0.717, 1.165) is 5.56 Å². The minimum absolute atomic E-state index is 0.104. The standard InChI is InChI=1S/C26H35Br2N2O8P/c1-7-35-25(32)16(5)29-39(34,30-17(6)26(33)36-8-2)14-37-19-12-21(27)24(22(28)13-19)38-18-9-10-23(31)20(11-18)15(3)4/h9-13,15-17,31H,7-8,14H2,1-6H3,(H2,29,30,34)/t16-,17?,39?/m0/s1. The van der Waals surface area contributed by atoms with Crippen LogP contribution in [0.4, 0.5) is 0 Å². The lowest BCUT2D eigenvalue weighted by Crippen LogP contribution is -2.43. The van der Waals surface area contributed by atoms with Crippen molar-refractivity contribution >= 4 is 51.2 Å². The van der Waals surface area contributed by atoms with E-state index < -0.39 is 37.8 Å². The summed E-state index contributed by atoms with van der Waals surface area (Å²) in [6.07, 6.45) is -0.394. The molecule has 2 aromatic rings. The molecule has 3 N–H and O–H groups in total. The molecular weight excluding hydrogens is 659 g/mol. The van der Waals surface area contributed by atoms with Gasteiger partial charge in [0.25, 0.3) is 0 Å². The highest BCUT2D eigenvalue weighted by Gasteiger charge is 2.32. The lowest BCUT2D eigenvalue weighted by Gasteiger charge is -2.26. The highest BCUT2D eigenvalue weighted by Crippen LogP contribution is 2.43. The third-order valence-corrected chi connectivity index (χ3v) is 8.59. The van der Waals surface area contributed by atoms with E-state index in [4.69, 9.17) is 18.9 Å². The lowest BCUT2D eigenvalue weighted by molar-refractivity contribution is -0.145. The molecule has 0 saturated heterocycles. The van der Waals surface area contributed by atoms with Gasteiger partial charge in [-0.3, -0.25) is 14.2 Å². The Morgan fingerprint density at radius 1 is 0.897 bits per heavy atom. The Balaban J connectivity index is 2.25. The second-order valence-electron chi connectivity index (χ2n) is 8.91. The molecule has 0 heterocycles. The number of carbonyl (C=O) groups is 2. The molecule has 2 unspecified atom stereocenters. The summed E-state index contributed by atoms with van der Waals surface area (Å²) in [5, 5.41) is 15.6. The summed E-state index contributed by atoms with van der Waals surface area (Å²) in [7, 11) is -3.68. The molecule has 0 bridgehead atoms. The number of phenolic OH excluding ortho intramolecular Hbond substituents is 1. The Kier molecular flexibility index (Phi) is 12.8. The van der Waals surface area contributed by atoms with Crippen LogP contribution in [0, 0.1) is 0 Å². The van der Waals surface area contributed by atoms with Gasteiger partial charge in [-0.1, -0.05) is 13.8 Å². The maximum Gasteiger partial charge on any atom is 0.323 e. The van der Waals surface area contributed by atoms with Crippen molar-refractivity contribution < 1.29 is 38.2 Å². The fourth-order valence-corrected chi connectivity index (χ4v) is 6.76. The number of benzene rings is 2. The number of ether oxygens (including phenoxy) is 4. The number of nitrogens with one attached hydrogen (secondary N) is 2. The molecule has 2 aromatic carbocycles. The number of phenols is 1. The molecular formula is C26H35Br2N2O8P. The first-order chi connectivity index (χ1) is 18.3. The zero-order valence-corrected chi connectivity index (χ0v) is 26.8. The summed E-state index contributed by atoms with van der Waals surface area (Å²) in [6.45, 7) is 10.6. The summed E-state index contributed by atoms with van der Waals surface area (Å²) in [5.41, 5.74) is 0.754. The van der Waals surface area contributed by atoms with Crippen molar-refractivity contribution in [1.29, 1.82) is 0 Å². The number of carbonyl (C=O) groups excluding carboxylic acids is 2. The van der Waals surface area contributed by atoms with Crippen molar-refractivity contribution in [2.75, 3.05) is 19.6 Å². The Hall–Kier alpha value is -2.11. The molecule has 0 aliphatic heterocycles. The maximum atomic E-state index is 13.8. The fourth-order valence-electron chi connectivity index (χ4n) is 3.44. The lowest BCUT2D eigenvalue weighted by atomic mass is 10.0. The zero-order valence-electron chi connectivity index (χ0n) is 22.7. The largest absolute Gasteiger partial charge is 0.508 e. The van der Waals surface area contributed by atoms with Crippen LogP contribution in [-0.4, -0.2) is 48.7 Å². The van der Waals surface area contributed by atoms with Gasteiger partial charge in [0.2, 0.25) is 7.44 Å². The molecule has 0 spiro atoms. The molecule has 0 aliphatic carbocycles. The van der Waals surface area contributed by atoms with E-state index in [1.807, 2.05) is 13.8 Å². The maximum absolute atomic E-state index is 13.8. The molecule has 0 amide bonds. The van der Waals surface area contributed by atoms with Crippen LogP contribution in [0.1, 0.15) is 53.0 Å². The van der Waals surface area contributed by atoms with Crippen molar-refractivity contribution in [2.45, 2.75) is 59.5 Å². The van der Waals surface area contributed by atoms with Crippen molar-refractivity contribution in [2.24, 2.45) is 0 Å². The molecule has 0 fully saturated rings. The Labute approximate surface area is 245 Å². The monoisotopic (exact) mass is 692 g/mol. The van der Waals surface area contributed by atoms with E-state index in [-0.39, 0.29) is 24.9 Å². The molecule has 0 radical (unpaired) electrons. The Morgan fingerprint density at radius 3 is 1.87 bits per heavy atom. The number of rotatable bonds is 14. The van der Waals surface area contributed by atoms with Gasteiger partial charge in [-0.25, -0.2) is 10.2 Å². The molecule has 0 aliphatic rings. The molecule has 13 heteroatoms. The smallest absolute Gasteiger partial charge is 0.323 e. The number of halogens is 2. The molecule has 39 heavy (non-hydrogen) atoms. The van der Waals surface area contributed by atoms with Crippen molar-refractivity contribution in [3.63, 3.8) is 0 Å². The first-order valence-electron chi connectivity index (χ1n) is 12.4. The van der Waals surface area contributed by atoms with E-state index in [1.54, 1.807) is 44.2 Å². The average Bonchev–Trinajstić information content (AvgIpc) is 2.86. The molecule has 0 aromatic heterocycles. The second kappa shape index (κ2) is 15.0. The third kappa shape index (κ3) is 9.79. The van der Waals surface area contributed by atoms with E-state index in [0.29, 0.717) is 26.2 Å². The Bertz CT molecular complexity index is 1160. The predicted octanol–water partition coefficient (Wildman–Crippen LogP) is 6.44. The molecule has 0 saturated carbocycles. The van der Waals surface area contributed by atoms with Gasteiger partial charge in [-0.05, 0) is 95.8 Å². The van der Waals surface area contributed by atoms with Crippen LogP contribution in [0.3, 0.4) is 0 Å². The van der Waals surface area contributed by atoms with Crippen LogP contribution < -0.4 is 19.6 Å². The van der Waals surface area contributed by atoms with Gasteiger partial charge in [-0.2, -0.15) is 0 Å². The minimum Gasteiger partial charge on any atom is -0.508 e. The number of esters is 2. The van der Waals surface area contributed by atoms with Gasteiger partial charge >= 0.3 is 11.9 Å². The summed E-state index contributed by atoms with van der Waals surface area (Å²) < 4.78 is 36.8. The molecule has 216 valence electrons. The molecule has 10 nitrogen and oxygen atoms in total. The van der Waals surface area contributed by atoms with Gasteiger partial charge in [-0.15, -0.1) is 0 Å². The number of hydrogen-bond acceptors (Lipinski definition) is 8. The first kappa shape index (κ1) is 33.1. The molecule has 3 atom stereocenters. The normalized spacial score (nSPS) is 14.3. The topological polar surface area (TPSA) is 132 Å². The summed E-state index contributed by atoms with van der Waals surface area (Å²) in [6, 6.07) is 6.42. The van der Waals surface area contributed by atoms with Gasteiger partial charge in [0, 0.05) is 5.56 Å². The van der Waals surface area contributed by atoms with Gasteiger partial charge in [0.1, 0.15) is 29.3 Å². The van der Waals surface area contributed by atoms with Gasteiger partial charge in [0.15, 0.2) is 12.1 Å². The summed E-state index contributed by atoms with van der Waals surface area (Å²) >= 11 is 6.97. The predicted molar refractivity (Wildman–Crippen MR) is 156 cm³/mol. The zero-order chi connectivity index (χ0) is 29.3. The summed E-state index contributed by atoms with van der Waals surface area (Å²) in [5.74, 6) is 0.452. The van der Waals surface area contributed by atoms with Crippen LogP contribution in [0.25, 0.3) is 0 Å². The highest BCUT2D eigenvalue weighted by atomic mass is 79.9. The minimum atomic E-state index is -3.68. The third-order valence-electron chi connectivity index (χ3n) is 5.31. The van der Waals surface area contributed by atoms with Crippen molar-refractivity contribution in [1.82, 2.24) is 10.2 Å². The van der Waals surface area contributed by atoms with Crippen LogP contribution in [0.15, 0.2) is 39.3 Å². The average molecular weight is 694 g/mol. The van der Waals surface area contributed by atoms with Crippen molar-refractivity contribution in [3.05, 3.63) is 44.8 Å². The van der Waals surface area contributed by atoms with Gasteiger partial charge in [0.05, 0.1) is 22.2 Å². The van der Waals surface area contributed by atoms with Crippen LogP contribution in [0.2, 0.25) is 0 Å².